The summed E-state index contributed by atoms with van der Waals surface area (Å²) in [6, 6.07) is 14.1. The zero-order valence-corrected chi connectivity index (χ0v) is 23.5. The summed E-state index contributed by atoms with van der Waals surface area (Å²) in [5, 5.41) is 0. The summed E-state index contributed by atoms with van der Waals surface area (Å²) < 4.78 is 50.5. The van der Waals surface area contributed by atoms with Crippen molar-refractivity contribution in [2.75, 3.05) is 48.4 Å². The topological polar surface area (TPSA) is 117 Å². The van der Waals surface area contributed by atoms with Crippen molar-refractivity contribution in [3.8, 4) is 40.2 Å². The third kappa shape index (κ3) is 4.74. The zero-order valence-electron chi connectivity index (χ0n) is 23.5. The molecule has 6 rings (SSSR count). The van der Waals surface area contributed by atoms with Crippen LogP contribution in [-0.4, -0.2) is 60.4 Å². The molecule has 0 N–H and O–H groups in total. The molecule has 0 radical (unpaired) electrons. The van der Waals surface area contributed by atoms with Crippen LogP contribution in [0.3, 0.4) is 0 Å². The summed E-state index contributed by atoms with van der Waals surface area (Å²) in [4.78, 5) is 26.4. The van der Waals surface area contributed by atoms with E-state index in [9.17, 15) is 9.59 Å². The fourth-order valence-corrected chi connectivity index (χ4v) is 5.93. The molecule has 1 saturated heterocycles. The van der Waals surface area contributed by atoms with Gasteiger partial charge in [0, 0.05) is 17.4 Å². The highest BCUT2D eigenvalue weighted by Crippen LogP contribution is 2.56. The van der Waals surface area contributed by atoms with Gasteiger partial charge in [0.2, 0.25) is 12.5 Å². The number of hydrogen-bond donors (Lipinski definition) is 0. The molecule has 1 unspecified atom stereocenters. The molecule has 3 aromatic carbocycles. The van der Waals surface area contributed by atoms with Gasteiger partial charge in [-0.05, 0) is 59.7 Å². The third-order valence-electron chi connectivity index (χ3n) is 7.84. The Morgan fingerprint density at radius 1 is 0.810 bits per heavy atom. The standard InChI is InChI=1S/C31H30O11/c1-34-17-5-7-18(8-6-17)38-14-26(32)42-29-20-12-23-22(40-15-41-23)11-19(20)27(28-21(29)13-39-31(28)33)16-9-24(35-2)30(37-4)25(10-16)36-3/h5-12,21,27-29H,13-15H2,1-4H3/t21?,27-,28+,29+/m1/s1. The molecule has 2 aliphatic heterocycles. The van der Waals surface area contributed by atoms with Crippen LogP contribution >= 0.6 is 0 Å². The van der Waals surface area contributed by atoms with Crippen LogP contribution in [0.5, 0.6) is 40.2 Å². The summed E-state index contributed by atoms with van der Waals surface area (Å²) in [6.07, 6.45) is -0.795. The van der Waals surface area contributed by atoms with E-state index in [1.54, 1.807) is 31.4 Å². The van der Waals surface area contributed by atoms with Crippen LogP contribution in [0.1, 0.15) is 28.7 Å². The maximum atomic E-state index is 13.3. The lowest BCUT2D eigenvalue weighted by Gasteiger charge is -2.38. The highest BCUT2D eigenvalue weighted by Gasteiger charge is 2.54. The van der Waals surface area contributed by atoms with E-state index in [4.69, 9.17) is 42.6 Å². The Hall–Kier alpha value is -4.80. The second-order valence-electron chi connectivity index (χ2n) is 9.97. The first kappa shape index (κ1) is 27.4. The normalized spacial score (nSPS) is 21.5. The molecule has 11 nitrogen and oxygen atoms in total. The van der Waals surface area contributed by atoms with Gasteiger partial charge in [0.05, 0.1) is 41.0 Å². The van der Waals surface area contributed by atoms with E-state index in [2.05, 4.69) is 0 Å². The van der Waals surface area contributed by atoms with Gasteiger partial charge in [-0.3, -0.25) is 4.79 Å². The first-order valence-corrected chi connectivity index (χ1v) is 13.3. The molecule has 0 bridgehead atoms. The summed E-state index contributed by atoms with van der Waals surface area (Å²) in [6.45, 7) is -0.192. The Balaban J connectivity index is 1.38. The predicted molar refractivity (Wildman–Crippen MR) is 146 cm³/mol. The van der Waals surface area contributed by atoms with E-state index < -0.39 is 35.8 Å². The summed E-state index contributed by atoms with van der Waals surface area (Å²) in [5.74, 6) is 0.916. The highest BCUT2D eigenvalue weighted by molar-refractivity contribution is 5.79. The van der Waals surface area contributed by atoms with E-state index in [-0.39, 0.29) is 20.0 Å². The van der Waals surface area contributed by atoms with Crippen molar-refractivity contribution in [1.29, 1.82) is 0 Å². The van der Waals surface area contributed by atoms with Crippen molar-refractivity contribution in [2.45, 2.75) is 12.0 Å². The van der Waals surface area contributed by atoms with Gasteiger partial charge in [-0.2, -0.15) is 0 Å². The molecule has 220 valence electrons. The molecule has 0 amide bonds. The van der Waals surface area contributed by atoms with Crippen LogP contribution in [-0.2, 0) is 19.1 Å². The second kappa shape index (κ2) is 11.2. The molecule has 11 heteroatoms. The van der Waals surface area contributed by atoms with Crippen LogP contribution in [0.2, 0.25) is 0 Å². The maximum Gasteiger partial charge on any atom is 0.344 e. The minimum Gasteiger partial charge on any atom is -0.497 e. The minimum absolute atomic E-state index is 0.0577. The fraction of sp³-hybridized carbons (Fsp3) is 0.355. The molecule has 3 aromatic rings. The number of fused-ring (bicyclic) bond motifs is 3. The van der Waals surface area contributed by atoms with Crippen molar-refractivity contribution in [2.24, 2.45) is 11.8 Å². The van der Waals surface area contributed by atoms with E-state index in [0.717, 1.165) is 11.1 Å². The molecule has 1 aliphatic carbocycles. The highest BCUT2D eigenvalue weighted by atomic mass is 16.7. The van der Waals surface area contributed by atoms with E-state index in [0.29, 0.717) is 45.8 Å². The van der Waals surface area contributed by atoms with Gasteiger partial charge < -0.3 is 42.6 Å². The number of cyclic esters (lactones) is 1. The van der Waals surface area contributed by atoms with Gasteiger partial charge in [-0.15, -0.1) is 0 Å². The van der Waals surface area contributed by atoms with Crippen LogP contribution in [0, 0.1) is 11.8 Å². The first-order valence-electron chi connectivity index (χ1n) is 13.3. The monoisotopic (exact) mass is 578 g/mol. The van der Waals surface area contributed by atoms with Gasteiger partial charge in [0.1, 0.15) is 17.6 Å². The molecule has 2 heterocycles. The molecular formula is C31H30O11. The Kier molecular flexibility index (Phi) is 7.32. The molecule has 1 fully saturated rings. The molecular weight excluding hydrogens is 548 g/mol. The first-order chi connectivity index (χ1) is 20.4. The van der Waals surface area contributed by atoms with Crippen LogP contribution in [0.4, 0.5) is 0 Å². The van der Waals surface area contributed by atoms with Crippen molar-refractivity contribution in [1.82, 2.24) is 0 Å². The lowest BCUT2D eigenvalue weighted by atomic mass is 9.66. The fourth-order valence-electron chi connectivity index (χ4n) is 5.93. The number of carbonyl (C=O) groups excluding carboxylic acids is 2. The lowest BCUT2D eigenvalue weighted by Crippen LogP contribution is -2.37. The summed E-state index contributed by atoms with van der Waals surface area (Å²) in [5.41, 5.74) is 2.17. The number of benzene rings is 3. The number of hydrogen-bond acceptors (Lipinski definition) is 11. The van der Waals surface area contributed by atoms with Gasteiger partial charge >= 0.3 is 11.9 Å². The molecule has 3 aliphatic rings. The Morgan fingerprint density at radius 3 is 2.07 bits per heavy atom. The average molecular weight is 579 g/mol. The van der Waals surface area contributed by atoms with Gasteiger partial charge in [0.15, 0.2) is 29.6 Å². The number of methoxy groups -OCH3 is 4. The summed E-state index contributed by atoms with van der Waals surface area (Å²) >= 11 is 0. The van der Waals surface area contributed by atoms with Gasteiger partial charge in [0.25, 0.3) is 0 Å². The van der Waals surface area contributed by atoms with Crippen LogP contribution in [0.15, 0.2) is 48.5 Å². The van der Waals surface area contributed by atoms with Gasteiger partial charge in [-0.1, -0.05) is 0 Å². The summed E-state index contributed by atoms with van der Waals surface area (Å²) in [7, 11) is 6.16. The number of ether oxygens (including phenoxy) is 9. The molecule has 0 spiro atoms. The zero-order chi connectivity index (χ0) is 29.4. The van der Waals surface area contributed by atoms with Gasteiger partial charge in [-0.25, -0.2) is 4.79 Å². The number of esters is 2. The van der Waals surface area contributed by atoms with E-state index >= 15 is 0 Å². The Bertz CT molecular complexity index is 1470. The number of rotatable bonds is 9. The maximum absolute atomic E-state index is 13.3. The van der Waals surface area contributed by atoms with Crippen molar-refractivity contribution in [3.05, 3.63) is 65.2 Å². The second-order valence-corrected chi connectivity index (χ2v) is 9.97. The third-order valence-corrected chi connectivity index (χ3v) is 7.84. The largest absolute Gasteiger partial charge is 0.497 e. The SMILES string of the molecule is COc1ccc(OCC(=O)O[C@H]2c3cc4c(cc3[C@@H](c3cc(OC)c(OC)c(OC)c3)[C@H]3C(=O)OCC23)OCO4)cc1. The molecule has 0 saturated carbocycles. The average Bonchev–Trinajstić information content (AvgIpc) is 3.64. The van der Waals surface area contributed by atoms with Crippen molar-refractivity contribution in [3.63, 3.8) is 0 Å². The smallest absolute Gasteiger partial charge is 0.344 e. The van der Waals surface area contributed by atoms with Crippen molar-refractivity contribution >= 4 is 11.9 Å². The van der Waals surface area contributed by atoms with E-state index in [1.165, 1.54) is 21.3 Å². The van der Waals surface area contributed by atoms with Crippen LogP contribution < -0.4 is 33.2 Å². The molecule has 0 aromatic heterocycles. The predicted octanol–water partition coefficient (Wildman–Crippen LogP) is 4.05. The van der Waals surface area contributed by atoms with Crippen LogP contribution in [0.25, 0.3) is 0 Å². The number of carbonyl (C=O) groups is 2. The molecule has 4 atom stereocenters. The van der Waals surface area contributed by atoms with Crippen molar-refractivity contribution < 1.29 is 52.2 Å². The molecule has 42 heavy (non-hydrogen) atoms. The minimum atomic E-state index is -0.795. The Labute approximate surface area is 242 Å². The lowest BCUT2D eigenvalue weighted by molar-refractivity contribution is -0.156. The Morgan fingerprint density at radius 2 is 1.45 bits per heavy atom. The van der Waals surface area contributed by atoms with E-state index in [1.807, 2.05) is 24.3 Å². The quantitative estimate of drug-likeness (QED) is 0.342.